The molecule has 0 saturated carbocycles. The fourth-order valence-electron chi connectivity index (χ4n) is 4.95. The molecular formula is C29H32N6O4. The van der Waals surface area contributed by atoms with E-state index in [-0.39, 0.29) is 36.0 Å². The molecule has 2 heterocycles. The molecule has 4 rings (SSSR count). The van der Waals surface area contributed by atoms with Crippen LogP contribution >= 0.6 is 0 Å². The van der Waals surface area contributed by atoms with Crippen LogP contribution in [0.15, 0.2) is 54.7 Å². The van der Waals surface area contributed by atoms with Gasteiger partial charge in [-0.25, -0.2) is 4.79 Å². The molecule has 1 saturated heterocycles. The number of benzene rings is 2. The summed E-state index contributed by atoms with van der Waals surface area (Å²) < 4.78 is 0. The number of likely N-dealkylation sites (tertiary alicyclic amines) is 1. The smallest absolute Gasteiger partial charge is 0.322 e. The van der Waals surface area contributed by atoms with E-state index in [0.717, 1.165) is 22.6 Å². The van der Waals surface area contributed by atoms with Crippen molar-refractivity contribution in [3.05, 3.63) is 71.4 Å². The number of hydrogen-bond acceptors (Lipinski definition) is 5. The van der Waals surface area contributed by atoms with Gasteiger partial charge in [-0.05, 0) is 48.6 Å². The molecule has 0 atom stereocenters. The summed E-state index contributed by atoms with van der Waals surface area (Å²) in [5.41, 5.74) is 3.00. The highest BCUT2D eigenvalue weighted by Crippen LogP contribution is 2.25. The fourth-order valence-corrected chi connectivity index (χ4v) is 4.95. The minimum Gasteiger partial charge on any atom is -0.345 e. The first-order valence-electron chi connectivity index (χ1n) is 12.9. The lowest BCUT2D eigenvalue weighted by atomic mass is 10.0. The van der Waals surface area contributed by atoms with Gasteiger partial charge in [0.15, 0.2) is 0 Å². The van der Waals surface area contributed by atoms with Gasteiger partial charge in [0.2, 0.25) is 12.3 Å². The lowest BCUT2D eigenvalue weighted by molar-refractivity contribution is -0.135. The molecule has 5 amide bonds. The van der Waals surface area contributed by atoms with Gasteiger partial charge in [-0.3, -0.25) is 14.4 Å². The van der Waals surface area contributed by atoms with Crippen molar-refractivity contribution in [3.8, 4) is 6.07 Å². The molecular weight excluding hydrogens is 496 g/mol. The Labute approximate surface area is 228 Å². The number of carbonyl (C=O) groups excluding carboxylic acids is 4. The summed E-state index contributed by atoms with van der Waals surface area (Å²) in [5.74, 6) is -0.602. The number of piperidine rings is 1. The van der Waals surface area contributed by atoms with Crippen LogP contribution < -0.4 is 5.32 Å². The summed E-state index contributed by atoms with van der Waals surface area (Å²) in [5, 5.41) is 12.2. The summed E-state index contributed by atoms with van der Waals surface area (Å²) in [4.78, 5) is 56.9. The van der Waals surface area contributed by atoms with Gasteiger partial charge in [0, 0.05) is 51.7 Å². The van der Waals surface area contributed by atoms with Crippen LogP contribution in [0.1, 0.15) is 29.5 Å². The lowest BCUT2D eigenvalue weighted by Gasteiger charge is -2.38. The number of amides is 5. The standard InChI is InChI=1S/C29H32N6O4/c1-32(2)28(38)25(23-8-5-6-21(16-23)17-30)18-33(20-36)19-27(37)34-13-11-24(12-14-34)35-15-10-22-7-3-4-9-26(22)31-29(35)39/h3-9,16,18,20,24H,10-15,19H2,1-2H3,(H,31,39)/b25-18-. The first-order chi connectivity index (χ1) is 18.8. The third kappa shape index (κ3) is 6.44. The summed E-state index contributed by atoms with van der Waals surface area (Å²) >= 11 is 0. The van der Waals surface area contributed by atoms with E-state index >= 15 is 0 Å². The molecule has 39 heavy (non-hydrogen) atoms. The van der Waals surface area contributed by atoms with Gasteiger partial charge in [-0.1, -0.05) is 30.3 Å². The molecule has 2 aliphatic rings. The molecule has 0 bridgehead atoms. The minimum atomic E-state index is -0.358. The zero-order valence-electron chi connectivity index (χ0n) is 22.2. The number of urea groups is 1. The zero-order valence-corrected chi connectivity index (χ0v) is 22.2. The average Bonchev–Trinajstić information content (AvgIpc) is 3.12. The van der Waals surface area contributed by atoms with E-state index in [1.165, 1.54) is 11.1 Å². The normalized spacial score (nSPS) is 15.9. The molecule has 2 aliphatic heterocycles. The zero-order chi connectivity index (χ0) is 27.9. The number of para-hydroxylation sites is 1. The van der Waals surface area contributed by atoms with Gasteiger partial charge in [0.1, 0.15) is 6.54 Å². The van der Waals surface area contributed by atoms with Gasteiger partial charge >= 0.3 is 6.03 Å². The number of likely N-dealkylation sites (N-methyl/N-ethyl adjacent to an activating group) is 1. The lowest BCUT2D eigenvalue weighted by Crippen LogP contribution is -2.51. The van der Waals surface area contributed by atoms with Crippen molar-refractivity contribution >= 4 is 35.5 Å². The number of fused-ring (bicyclic) bond motifs is 1. The molecule has 0 radical (unpaired) electrons. The highest BCUT2D eigenvalue weighted by molar-refractivity contribution is 6.19. The van der Waals surface area contributed by atoms with Crippen molar-refractivity contribution in [2.75, 3.05) is 45.6 Å². The molecule has 10 heteroatoms. The van der Waals surface area contributed by atoms with Crippen LogP contribution in [0.5, 0.6) is 0 Å². The third-order valence-corrected chi connectivity index (χ3v) is 7.09. The Hall–Kier alpha value is -4.65. The Bertz CT molecular complexity index is 1320. The summed E-state index contributed by atoms with van der Waals surface area (Å²) in [6.07, 6.45) is 3.91. The maximum Gasteiger partial charge on any atom is 0.322 e. The topological polar surface area (TPSA) is 117 Å². The van der Waals surface area contributed by atoms with Crippen molar-refractivity contribution < 1.29 is 19.2 Å². The fraction of sp³-hybridized carbons (Fsp3) is 0.345. The average molecular weight is 529 g/mol. The molecule has 2 aromatic carbocycles. The Balaban J connectivity index is 1.40. The second-order valence-electron chi connectivity index (χ2n) is 9.86. The molecule has 10 nitrogen and oxygen atoms in total. The monoisotopic (exact) mass is 528 g/mol. The number of nitrogens with zero attached hydrogens (tertiary/aromatic N) is 5. The predicted octanol–water partition coefficient (Wildman–Crippen LogP) is 2.53. The molecule has 202 valence electrons. The van der Waals surface area contributed by atoms with Crippen LogP contribution in [-0.2, 0) is 20.8 Å². The maximum absolute atomic E-state index is 13.1. The summed E-state index contributed by atoms with van der Waals surface area (Å²) in [7, 11) is 3.18. The summed E-state index contributed by atoms with van der Waals surface area (Å²) in [6, 6.07) is 16.3. The van der Waals surface area contributed by atoms with Crippen LogP contribution in [0.3, 0.4) is 0 Å². The molecule has 1 N–H and O–H groups in total. The highest BCUT2D eigenvalue weighted by Gasteiger charge is 2.31. The highest BCUT2D eigenvalue weighted by atomic mass is 16.2. The number of nitriles is 1. The van der Waals surface area contributed by atoms with E-state index in [9.17, 15) is 24.4 Å². The van der Waals surface area contributed by atoms with Crippen molar-refractivity contribution in [3.63, 3.8) is 0 Å². The van der Waals surface area contributed by atoms with Crippen molar-refractivity contribution in [1.29, 1.82) is 5.26 Å². The molecule has 0 aromatic heterocycles. The van der Waals surface area contributed by atoms with E-state index in [0.29, 0.717) is 50.0 Å². The molecule has 0 unspecified atom stereocenters. The first-order valence-corrected chi connectivity index (χ1v) is 12.9. The maximum atomic E-state index is 13.1. The number of nitrogens with one attached hydrogen (secondary N) is 1. The number of hydrogen-bond donors (Lipinski definition) is 1. The quantitative estimate of drug-likeness (QED) is 0.438. The Morgan fingerprint density at radius 2 is 1.85 bits per heavy atom. The van der Waals surface area contributed by atoms with Crippen LogP contribution in [0.25, 0.3) is 5.57 Å². The van der Waals surface area contributed by atoms with Gasteiger partial charge in [0.25, 0.3) is 5.91 Å². The van der Waals surface area contributed by atoms with Crippen LogP contribution in [0, 0.1) is 11.3 Å². The molecule has 1 fully saturated rings. The second kappa shape index (κ2) is 12.3. The third-order valence-electron chi connectivity index (χ3n) is 7.09. The Morgan fingerprint density at radius 1 is 1.10 bits per heavy atom. The predicted molar refractivity (Wildman–Crippen MR) is 146 cm³/mol. The van der Waals surface area contributed by atoms with E-state index in [4.69, 9.17) is 0 Å². The van der Waals surface area contributed by atoms with Crippen molar-refractivity contribution in [2.45, 2.75) is 25.3 Å². The van der Waals surface area contributed by atoms with E-state index in [2.05, 4.69) is 5.32 Å². The molecule has 0 aliphatic carbocycles. The first kappa shape index (κ1) is 27.4. The van der Waals surface area contributed by atoms with Crippen LogP contribution in [-0.4, -0.2) is 90.2 Å². The van der Waals surface area contributed by atoms with Crippen LogP contribution in [0.4, 0.5) is 10.5 Å². The molecule has 2 aromatic rings. The number of rotatable bonds is 7. The van der Waals surface area contributed by atoms with Crippen molar-refractivity contribution in [1.82, 2.24) is 19.6 Å². The Morgan fingerprint density at radius 3 is 2.54 bits per heavy atom. The van der Waals surface area contributed by atoms with E-state index in [1.54, 1.807) is 43.3 Å². The van der Waals surface area contributed by atoms with Gasteiger partial charge in [-0.2, -0.15) is 5.26 Å². The number of anilines is 1. The SMILES string of the molecule is CN(C)C(=O)/C(=C\N(C=O)CC(=O)N1CCC(N2CCc3ccccc3NC2=O)CC1)c1cccc(C#N)c1. The second-order valence-corrected chi connectivity index (χ2v) is 9.86. The van der Waals surface area contributed by atoms with E-state index in [1.807, 2.05) is 35.2 Å². The minimum absolute atomic E-state index is 0.0159. The van der Waals surface area contributed by atoms with Crippen LogP contribution in [0.2, 0.25) is 0 Å². The molecule has 0 spiro atoms. The van der Waals surface area contributed by atoms with Gasteiger partial charge in [-0.15, -0.1) is 0 Å². The summed E-state index contributed by atoms with van der Waals surface area (Å²) in [6.45, 7) is 1.31. The largest absolute Gasteiger partial charge is 0.345 e. The Kier molecular flexibility index (Phi) is 8.61. The van der Waals surface area contributed by atoms with E-state index < -0.39 is 0 Å². The van der Waals surface area contributed by atoms with Gasteiger partial charge in [0.05, 0.1) is 17.2 Å². The van der Waals surface area contributed by atoms with Crippen molar-refractivity contribution in [2.24, 2.45) is 0 Å². The number of carbonyl (C=O) groups is 4. The van der Waals surface area contributed by atoms with Gasteiger partial charge < -0.3 is 24.9 Å².